The largest absolute Gasteiger partial charge is 0.373 e. The number of hydrogen-bond acceptors (Lipinski definition) is 2. The quantitative estimate of drug-likeness (QED) is 0.867. The molecule has 0 bridgehead atoms. The Hall–Kier alpha value is -1.35. The summed E-state index contributed by atoms with van der Waals surface area (Å²) in [5.74, 6) is -0.324. The summed E-state index contributed by atoms with van der Waals surface area (Å²) in [5, 5.41) is 0. The highest BCUT2D eigenvalue weighted by molar-refractivity contribution is 5.77. The highest BCUT2D eigenvalue weighted by Gasteiger charge is 2.29. The Morgan fingerprint density at radius 2 is 1.94 bits per heavy atom. The van der Waals surface area contributed by atoms with Crippen molar-refractivity contribution in [2.24, 2.45) is 11.7 Å². The van der Waals surface area contributed by atoms with Crippen molar-refractivity contribution in [1.82, 2.24) is 0 Å². The summed E-state index contributed by atoms with van der Waals surface area (Å²) in [6.07, 6.45) is 4.03. The number of benzene rings is 1. The molecular weight excluding hydrogens is 214 g/mol. The molecule has 1 aliphatic carbocycles. The van der Waals surface area contributed by atoms with Gasteiger partial charge in [-0.15, -0.1) is 0 Å². The Morgan fingerprint density at radius 1 is 1.24 bits per heavy atom. The Kier molecular flexibility index (Phi) is 4.15. The molecule has 0 unspecified atom stereocenters. The maximum absolute atomic E-state index is 11.3. The third-order valence-electron chi connectivity index (χ3n) is 3.37. The fourth-order valence-electron chi connectivity index (χ4n) is 2.40. The van der Waals surface area contributed by atoms with Crippen molar-refractivity contribution in [2.75, 3.05) is 0 Å². The monoisotopic (exact) mass is 233 g/mol. The lowest BCUT2D eigenvalue weighted by Crippen LogP contribution is -2.37. The molecule has 0 aliphatic heterocycles. The number of nitrogens with two attached hydrogens (primary N) is 1. The predicted octanol–water partition coefficient (Wildman–Crippen LogP) is 2.25. The summed E-state index contributed by atoms with van der Waals surface area (Å²) >= 11 is 0. The molecule has 1 aromatic carbocycles. The minimum Gasteiger partial charge on any atom is -0.373 e. The zero-order chi connectivity index (χ0) is 12.1. The smallest absolute Gasteiger partial charge is 0.223 e. The van der Waals surface area contributed by atoms with E-state index < -0.39 is 0 Å². The lowest BCUT2D eigenvalue weighted by molar-refractivity contribution is -0.129. The van der Waals surface area contributed by atoms with Crippen LogP contribution in [0.25, 0.3) is 0 Å². The van der Waals surface area contributed by atoms with E-state index in [0.717, 1.165) is 31.2 Å². The fourth-order valence-corrected chi connectivity index (χ4v) is 2.40. The number of rotatable bonds is 4. The van der Waals surface area contributed by atoms with Crippen molar-refractivity contribution < 1.29 is 9.53 Å². The molecule has 1 aromatic rings. The van der Waals surface area contributed by atoms with Gasteiger partial charge in [0.05, 0.1) is 18.6 Å². The molecule has 2 rings (SSSR count). The number of amides is 1. The predicted molar refractivity (Wildman–Crippen MR) is 66.2 cm³/mol. The number of carbonyl (C=O) groups is 1. The molecule has 2 N–H and O–H groups in total. The molecule has 2 atom stereocenters. The van der Waals surface area contributed by atoms with Gasteiger partial charge < -0.3 is 10.5 Å². The Bertz CT molecular complexity index is 364. The van der Waals surface area contributed by atoms with Crippen LogP contribution in [-0.4, -0.2) is 12.0 Å². The maximum atomic E-state index is 11.3. The summed E-state index contributed by atoms with van der Waals surface area (Å²) in [5.41, 5.74) is 6.55. The van der Waals surface area contributed by atoms with Gasteiger partial charge in [0.15, 0.2) is 0 Å². The molecule has 0 saturated heterocycles. The SMILES string of the molecule is NC(=O)[C@@H]1CCCC[C@H]1OCc1ccccc1. The molecule has 0 spiro atoms. The first-order valence-corrected chi connectivity index (χ1v) is 6.22. The van der Waals surface area contributed by atoms with Gasteiger partial charge in [0.2, 0.25) is 5.91 Å². The van der Waals surface area contributed by atoms with Crippen LogP contribution in [0.3, 0.4) is 0 Å². The topological polar surface area (TPSA) is 52.3 Å². The molecule has 3 nitrogen and oxygen atoms in total. The van der Waals surface area contributed by atoms with Crippen LogP contribution in [0.4, 0.5) is 0 Å². The summed E-state index contributed by atoms with van der Waals surface area (Å²) in [6.45, 7) is 0.565. The minimum absolute atomic E-state index is 0.00135. The van der Waals surface area contributed by atoms with E-state index in [1.807, 2.05) is 30.3 Å². The molecule has 0 radical (unpaired) electrons. The van der Waals surface area contributed by atoms with Gasteiger partial charge in [0, 0.05) is 0 Å². The molecule has 0 aromatic heterocycles. The second-order valence-corrected chi connectivity index (χ2v) is 4.63. The first kappa shape index (κ1) is 12.1. The number of primary amides is 1. The first-order valence-electron chi connectivity index (χ1n) is 6.22. The lowest BCUT2D eigenvalue weighted by Gasteiger charge is -2.29. The lowest BCUT2D eigenvalue weighted by atomic mass is 9.86. The van der Waals surface area contributed by atoms with E-state index in [1.165, 1.54) is 0 Å². The highest BCUT2D eigenvalue weighted by Crippen LogP contribution is 2.27. The van der Waals surface area contributed by atoms with E-state index in [-0.39, 0.29) is 17.9 Å². The van der Waals surface area contributed by atoms with Gasteiger partial charge in [-0.2, -0.15) is 0 Å². The fraction of sp³-hybridized carbons (Fsp3) is 0.500. The molecule has 17 heavy (non-hydrogen) atoms. The van der Waals surface area contributed by atoms with Crippen LogP contribution in [0.1, 0.15) is 31.2 Å². The van der Waals surface area contributed by atoms with Gasteiger partial charge in [0.1, 0.15) is 0 Å². The molecule has 3 heteroatoms. The summed E-state index contributed by atoms with van der Waals surface area (Å²) in [6, 6.07) is 10.0. The molecule has 92 valence electrons. The molecule has 1 aliphatic rings. The molecule has 1 fully saturated rings. The van der Waals surface area contributed by atoms with Gasteiger partial charge in [-0.1, -0.05) is 43.2 Å². The van der Waals surface area contributed by atoms with Crippen molar-refractivity contribution in [3.8, 4) is 0 Å². The number of carbonyl (C=O) groups excluding carboxylic acids is 1. The van der Waals surface area contributed by atoms with Gasteiger partial charge in [-0.25, -0.2) is 0 Å². The average Bonchev–Trinajstić information content (AvgIpc) is 2.38. The minimum atomic E-state index is -0.220. The average molecular weight is 233 g/mol. The first-order chi connectivity index (χ1) is 8.27. The number of hydrogen-bond donors (Lipinski definition) is 1. The van der Waals surface area contributed by atoms with E-state index in [9.17, 15) is 4.79 Å². The molecule has 1 saturated carbocycles. The van der Waals surface area contributed by atoms with E-state index >= 15 is 0 Å². The van der Waals surface area contributed by atoms with E-state index in [1.54, 1.807) is 0 Å². The van der Waals surface area contributed by atoms with Crippen LogP contribution >= 0.6 is 0 Å². The van der Waals surface area contributed by atoms with E-state index in [4.69, 9.17) is 10.5 Å². The van der Waals surface area contributed by atoms with Crippen molar-refractivity contribution in [1.29, 1.82) is 0 Å². The third kappa shape index (κ3) is 3.30. The Labute approximate surface area is 102 Å². The normalized spacial score (nSPS) is 24.5. The molecule has 1 amide bonds. The summed E-state index contributed by atoms with van der Waals surface area (Å²) < 4.78 is 5.84. The Balaban J connectivity index is 1.90. The van der Waals surface area contributed by atoms with E-state index in [0.29, 0.717) is 6.61 Å². The zero-order valence-corrected chi connectivity index (χ0v) is 9.97. The highest BCUT2D eigenvalue weighted by atomic mass is 16.5. The van der Waals surface area contributed by atoms with Crippen molar-refractivity contribution in [2.45, 2.75) is 38.4 Å². The maximum Gasteiger partial charge on any atom is 0.223 e. The second-order valence-electron chi connectivity index (χ2n) is 4.63. The second kappa shape index (κ2) is 5.82. The van der Waals surface area contributed by atoms with Gasteiger partial charge in [-0.05, 0) is 18.4 Å². The van der Waals surface area contributed by atoms with Crippen LogP contribution in [0.2, 0.25) is 0 Å². The number of ether oxygens (including phenoxy) is 1. The van der Waals surface area contributed by atoms with Gasteiger partial charge >= 0.3 is 0 Å². The van der Waals surface area contributed by atoms with Gasteiger partial charge in [-0.3, -0.25) is 4.79 Å². The standard InChI is InChI=1S/C14H19NO2/c15-14(16)12-8-4-5-9-13(12)17-10-11-6-2-1-3-7-11/h1-3,6-7,12-13H,4-5,8-10H2,(H2,15,16)/t12-,13-/m1/s1. The molecular formula is C14H19NO2. The van der Waals surface area contributed by atoms with Crippen LogP contribution in [0.5, 0.6) is 0 Å². The summed E-state index contributed by atoms with van der Waals surface area (Å²) in [7, 11) is 0. The van der Waals surface area contributed by atoms with Crippen molar-refractivity contribution in [3.63, 3.8) is 0 Å². The molecule has 0 heterocycles. The van der Waals surface area contributed by atoms with Crippen molar-refractivity contribution >= 4 is 5.91 Å². The van der Waals surface area contributed by atoms with Crippen LogP contribution in [0, 0.1) is 5.92 Å². The van der Waals surface area contributed by atoms with Crippen molar-refractivity contribution in [3.05, 3.63) is 35.9 Å². The zero-order valence-electron chi connectivity index (χ0n) is 9.97. The van der Waals surface area contributed by atoms with Gasteiger partial charge in [0.25, 0.3) is 0 Å². The summed E-state index contributed by atoms with van der Waals surface area (Å²) in [4.78, 5) is 11.3. The van der Waals surface area contributed by atoms with Crippen LogP contribution in [0.15, 0.2) is 30.3 Å². The third-order valence-corrected chi connectivity index (χ3v) is 3.37. The van der Waals surface area contributed by atoms with E-state index in [2.05, 4.69) is 0 Å². The van der Waals surface area contributed by atoms with Crippen LogP contribution < -0.4 is 5.73 Å². The Morgan fingerprint density at radius 3 is 2.65 bits per heavy atom. The van der Waals surface area contributed by atoms with Crippen LogP contribution in [-0.2, 0) is 16.1 Å².